The first-order valence-electron chi connectivity index (χ1n) is 10.5. The Balaban J connectivity index is 1.59. The number of rotatable bonds is 5. The first kappa shape index (κ1) is 19.1. The highest BCUT2D eigenvalue weighted by Crippen LogP contribution is 2.22. The van der Waals surface area contributed by atoms with Crippen molar-refractivity contribution in [3.63, 3.8) is 0 Å². The van der Waals surface area contributed by atoms with Crippen LogP contribution in [0, 0.1) is 0 Å². The lowest BCUT2D eigenvalue weighted by Gasteiger charge is -2.11. The van der Waals surface area contributed by atoms with E-state index in [9.17, 15) is 4.79 Å². The Labute approximate surface area is 180 Å². The van der Waals surface area contributed by atoms with Crippen LogP contribution in [-0.4, -0.2) is 14.1 Å². The van der Waals surface area contributed by atoms with Gasteiger partial charge in [-0.15, -0.1) is 0 Å². The molecule has 0 saturated heterocycles. The van der Waals surface area contributed by atoms with Crippen LogP contribution in [0.25, 0.3) is 34.0 Å². The van der Waals surface area contributed by atoms with Crippen molar-refractivity contribution in [2.24, 2.45) is 7.05 Å². The summed E-state index contributed by atoms with van der Waals surface area (Å²) in [6.07, 6.45) is 6.89. The summed E-state index contributed by atoms with van der Waals surface area (Å²) < 4.78 is 3.91. The van der Waals surface area contributed by atoms with E-state index in [0.717, 1.165) is 17.5 Å². The van der Waals surface area contributed by atoms with Crippen LogP contribution in [0.15, 0.2) is 89.9 Å². The Bertz CT molecular complexity index is 1460. The van der Waals surface area contributed by atoms with Gasteiger partial charge in [0.1, 0.15) is 5.82 Å². The van der Waals surface area contributed by atoms with E-state index in [-0.39, 0.29) is 5.56 Å². The molecule has 0 aliphatic carbocycles. The number of para-hydroxylation sites is 2. The molecule has 0 aliphatic rings. The normalized spacial score (nSPS) is 11.6. The van der Waals surface area contributed by atoms with Gasteiger partial charge in [-0.2, -0.15) is 0 Å². The summed E-state index contributed by atoms with van der Waals surface area (Å²) in [5.74, 6) is 0.674. The van der Waals surface area contributed by atoms with Crippen LogP contribution < -0.4 is 5.56 Å². The van der Waals surface area contributed by atoms with Gasteiger partial charge in [-0.05, 0) is 42.3 Å². The predicted octanol–water partition coefficient (Wildman–Crippen LogP) is 5.30. The van der Waals surface area contributed by atoms with Gasteiger partial charge in [0.05, 0.1) is 10.9 Å². The second-order valence-electron chi connectivity index (χ2n) is 7.73. The lowest BCUT2D eigenvalue weighted by molar-refractivity contribution is 0.655. The standard InChI is InChI=1S/C27H23N3O/c1-29-19-21(22-11-6-8-14-25(22)29)15-16-26-28-24-13-7-5-12-23(24)27(31)30(26)18-17-20-9-3-2-4-10-20/h2-16,19H,17-18H2,1H3/b16-15+. The van der Waals surface area contributed by atoms with E-state index in [2.05, 4.69) is 41.1 Å². The molecule has 4 nitrogen and oxygen atoms in total. The fraction of sp³-hybridized carbons (Fsp3) is 0.111. The first-order valence-corrected chi connectivity index (χ1v) is 10.5. The van der Waals surface area contributed by atoms with Crippen LogP contribution in [0.3, 0.4) is 0 Å². The van der Waals surface area contributed by atoms with Crippen LogP contribution in [0.1, 0.15) is 17.0 Å². The molecule has 0 radical (unpaired) electrons. The molecular weight excluding hydrogens is 382 g/mol. The van der Waals surface area contributed by atoms with Crippen LogP contribution in [0.5, 0.6) is 0 Å². The molecule has 31 heavy (non-hydrogen) atoms. The number of aryl methyl sites for hydroxylation is 2. The SMILES string of the molecule is Cn1cc(/C=C/c2nc3ccccc3c(=O)n2CCc2ccccc2)c2ccccc21. The largest absolute Gasteiger partial charge is 0.350 e. The Morgan fingerprint density at radius 2 is 1.55 bits per heavy atom. The average Bonchev–Trinajstić information content (AvgIpc) is 3.14. The molecule has 2 heterocycles. The average molecular weight is 406 g/mol. The van der Waals surface area contributed by atoms with Crippen molar-refractivity contribution in [3.8, 4) is 0 Å². The molecule has 0 aliphatic heterocycles. The lowest BCUT2D eigenvalue weighted by Crippen LogP contribution is -2.24. The number of benzene rings is 3. The van der Waals surface area contributed by atoms with Crippen molar-refractivity contribution in [1.29, 1.82) is 0 Å². The van der Waals surface area contributed by atoms with Crippen molar-refractivity contribution < 1.29 is 0 Å². The molecule has 0 atom stereocenters. The zero-order chi connectivity index (χ0) is 21.2. The summed E-state index contributed by atoms with van der Waals surface area (Å²) in [7, 11) is 2.05. The number of fused-ring (bicyclic) bond motifs is 2. The van der Waals surface area contributed by atoms with E-state index in [4.69, 9.17) is 4.98 Å². The summed E-state index contributed by atoms with van der Waals surface area (Å²) in [5.41, 5.74) is 4.21. The third kappa shape index (κ3) is 3.68. The smallest absolute Gasteiger partial charge is 0.261 e. The molecule has 3 aromatic carbocycles. The highest BCUT2D eigenvalue weighted by Gasteiger charge is 2.10. The third-order valence-electron chi connectivity index (χ3n) is 5.70. The molecule has 152 valence electrons. The highest BCUT2D eigenvalue weighted by molar-refractivity contribution is 5.92. The molecule has 2 aromatic heterocycles. The van der Waals surface area contributed by atoms with Crippen molar-refractivity contribution in [3.05, 3.63) is 112 Å². The second kappa shape index (κ2) is 8.07. The quantitative estimate of drug-likeness (QED) is 0.398. The van der Waals surface area contributed by atoms with Gasteiger partial charge < -0.3 is 4.57 Å². The first-order chi connectivity index (χ1) is 15.2. The van der Waals surface area contributed by atoms with E-state index < -0.39 is 0 Å². The summed E-state index contributed by atoms with van der Waals surface area (Å²) in [5, 5.41) is 1.83. The predicted molar refractivity (Wildman–Crippen MR) is 128 cm³/mol. The Kier molecular flexibility index (Phi) is 4.97. The molecule has 0 bridgehead atoms. The minimum atomic E-state index is -0.000833. The number of hydrogen-bond acceptors (Lipinski definition) is 2. The molecule has 0 saturated carbocycles. The van der Waals surface area contributed by atoms with Gasteiger partial charge >= 0.3 is 0 Å². The van der Waals surface area contributed by atoms with Gasteiger partial charge in [0.15, 0.2) is 0 Å². The maximum Gasteiger partial charge on any atom is 0.261 e. The van der Waals surface area contributed by atoms with Gasteiger partial charge in [0.2, 0.25) is 0 Å². The van der Waals surface area contributed by atoms with E-state index in [1.807, 2.05) is 67.7 Å². The maximum absolute atomic E-state index is 13.3. The van der Waals surface area contributed by atoms with Gasteiger partial charge in [0, 0.05) is 36.3 Å². The van der Waals surface area contributed by atoms with Crippen LogP contribution in [0.4, 0.5) is 0 Å². The van der Waals surface area contributed by atoms with E-state index in [1.54, 1.807) is 4.57 Å². The van der Waals surface area contributed by atoms with Crippen LogP contribution in [0.2, 0.25) is 0 Å². The van der Waals surface area contributed by atoms with Crippen molar-refractivity contribution in [1.82, 2.24) is 14.1 Å². The molecular formula is C27H23N3O. The Morgan fingerprint density at radius 1 is 0.839 bits per heavy atom. The molecule has 5 aromatic rings. The second-order valence-corrected chi connectivity index (χ2v) is 7.73. The fourth-order valence-electron chi connectivity index (χ4n) is 4.08. The fourth-order valence-corrected chi connectivity index (χ4v) is 4.08. The summed E-state index contributed by atoms with van der Waals surface area (Å²) in [6, 6.07) is 26.1. The number of hydrogen-bond donors (Lipinski definition) is 0. The van der Waals surface area contributed by atoms with Gasteiger partial charge in [-0.3, -0.25) is 9.36 Å². The monoisotopic (exact) mass is 405 g/mol. The number of nitrogens with zero attached hydrogens (tertiary/aromatic N) is 3. The highest BCUT2D eigenvalue weighted by atomic mass is 16.1. The molecule has 0 N–H and O–H groups in total. The summed E-state index contributed by atoms with van der Waals surface area (Å²) >= 11 is 0. The van der Waals surface area contributed by atoms with Crippen molar-refractivity contribution >= 4 is 34.0 Å². The zero-order valence-corrected chi connectivity index (χ0v) is 17.4. The van der Waals surface area contributed by atoms with Crippen LogP contribution in [-0.2, 0) is 20.0 Å². The van der Waals surface area contributed by atoms with E-state index >= 15 is 0 Å². The van der Waals surface area contributed by atoms with Gasteiger partial charge in [-0.25, -0.2) is 4.98 Å². The van der Waals surface area contributed by atoms with E-state index in [1.165, 1.54) is 16.5 Å². The van der Waals surface area contributed by atoms with E-state index in [0.29, 0.717) is 17.8 Å². The zero-order valence-electron chi connectivity index (χ0n) is 17.4. The van der Waals surface area contributed by atoms with Gasteiger partial charge in [0.25, 0.3) is 5.56 Å². The lowest BCUT2D eigenvalue weighted by atomic mass is 10.1. The summed E-state index contributed by atoms with van der Waals surface area (Å²) in [6.45, 7) is 0.579. The summed E-state index contributed by atoms with van der Waals surface area (Å²) in [4.78, 5) is 18.1. The molecule has 5 rings (SSSR count). The number of aromatic nitrogens is 3. The molecule has 0 spiro atoms. The minimum Gasteiger partial charge on any atom is -0.350 e. The molecule has 0 fully saturated rings. The van der Waals surface area contributed by atoms with Crippen LogP contribution >= 0.6 is 0 Å². The molecule has 0 unspecified atom stereocenters. The topological polar surface area (TPSA) is 39.8 Å². The van der Waals surface area contributed by atoms with Crippen molar-refractivity contribution in [2.45, 2.75) is 13.0 Å². The minimum absolute atomic E-state index is 0.000833. The third-order valence-corrected chi connectivity index (χ3v) is 5.70. The Morgan fingerprint density at radius 3 is 2.39 bits per heavy atom. The maximum atomic E-state index is 13.3. The van der Waals surface area contributed by atoms with Crippen molar-refractivity contribution in [2.75, 3.05) is 0 Å². The molecule has 0 amide bonds. The molecule has 4 heteroatoms. The Hall–Kier alpha value is -3.92. The van der Waals surface area contributed by atoms with Gasteiger partial charge in [-0.1, -0.05) is 60.7 Å².